The average Bonchev–Trinajstić information content (AvgIpc) is 2.88. The monoisotopic (exact) mass is 533 g/mol. The van der Waals surface area contributed by atoms with Gasteiger partial charge in [-0.25, -0.2) is 0 Å². The van der Waals surface area contributed by atoms with Crippen LogP contribution in [0.4, 0.5) is 0 Å². The molecule has 2 aliphatic heterocycles. The largest absolute Gasteiger partial charge is 0.494 e. The van der Waals surface area contributed by atoms with Crippen LogP contribution in [0.3, 0.4) is 0 Å². The number of aliphatic hydroxyl groups is 3. The van der Waals surface area contributed by atoms with Crippen LogP contribution < -0.4 is 10.1 Å². The second kappa shape index (κ2) is 12.6. The molecule has 2 aromatic carbocycles. The normalized spacial score (nSPS) is 28.1. The van der Waals surface area contributed by atoms with E-state index in [0.29, 0.717) is 43.0 Å². The smallest absolute Gasteiger partial charge is 0.320 e. The molecule has 2 aromatic rings. The number of aliphatic carboxylic acids is 1. The number of hydrogen-bond donors (Lipinski definition) is 5. The Morgan fingerprint density at radius 2 is 1.97 bits per heavy atom. The lowest BCUT2D eigenvalue weighted by Crippen LogP contribution is -2.43. The summed E-state index contributed by atoms with van der Waals surface area (Å²) in [6, 6.07) is 10.9. The molecule has 0 aromatic heterocycles. The number of rotatable bonds is 9. The van der Waals surface area contributed by atoms with Crippen molar-refractivity contribution in [1.29, 1.82) is 0 Å². The van der Waals surface area contributed by atoms with Crippen LogP contribution in [0.15, 0.2) is 36.4 Å². The number of aliphatic hydroxyl groups excluding tert-OH is 3. The summed E-state index contributed by atoms with van der Waals surface area (Å²) in [6.45, 7) is 2.97. The first-order valence-corrected chi connectivity index (χ1v) is 13.3. The van der Waals surface area contributed by atoms with Gasteiger partial charge in [0.2, 0.25) is 0 Å². The van der Waals surface area contributed by atoms with E-state index in [-0.39, 0.29) is 25.0 Å². The predicted molar refractivity (Wildman–Crippen MR) is 139 cm³/mol. The highest BCUT2D eigenvalue weighted by Gasteiger charge is 2.37. The van der Waals surface area contributed by atoms with E-state index in [0.717, 1.165) is 28.9 Å². The average molecular weight is 534 g/mol. The number of benzene rings is 2. The number of ether oxygens (including phenoxy) is 2. The Morgan fingerprint density at radius 3 is 2.65 bits per heavy atom. The van der Waals surface area contributed by atoms with Gasteiger partial charge >= 0.3 is 5.97 Å². The van der Waals surface area contributed by atoms with Gasteiger partial charge in [0.15, 0.2) is 0 Å². The molecule has 0 amide bonds. The van der Waals surface area contributed by atoms with Gasteiger partial charge in [0.05, 0.1) is 18.8 Å². The van der Waals surface area contributed by atoms with Gasteiger partial charge in [-0.3, -0.25) is 4.79 Å². The zero-order valence-electron chi connectivity index (χ0n) is 21.0. The minimum absolute atomic E-state index is 0.0597. The zero-order valence-corrected chi connectivity index (χ0v) is 21.7. The van der Waals surface area contributed by atoms with Gasteiger partial charge in [0, 0.05) is 24.6 Å². The first-order chi connectivity index (χ1) is 17.8. The van der Waals surface area contributed by atoms with Crippen LogP contribution in [0, 0.1) is 0 Å². The van der Waals surface area contributed by atoms with E-state index < -0.39 is 30.3 Å². The van der Waals surface area contributed by atoms with Crippen molar-refractivity contribution in [1.82, 2.24) is 5.32 Å². The fourth-order valence-electron chi connectivity index (χ4n) is 5.38. The predicted octanol–water partition coefficient (Wildman–Crippen LogP) is 3.18. The van der Waals surface area contributed by atoms with Crippen molar-refractivity contribution in [3.05, 3.63) is 63.7 Å². The molecular formula is C28H36ClNO7. The molecule has 2 saturated heterocycles. The minimum atomic E-state index is -1.08. The summed E-state index contributed by atoms with van der Waals surface area (Å²) >= 11 is 6.61. The van der Waals surface area contributed by atoms with Crippen LogP contribution in [0.1, 0.15) is 66.9 Å². The van der Waals surface area contributed by atoms with Crippen LogP contribution in [0.2, 0.25) is 5.02 Å². The van der Waals surface area contributed by atoms with Crippen molar-refractivity contribution in [2.45, 2.75) is 75.4 Å². The molecule has 1 unspecified atom stereocenters. The Hall–Kier alpha value is -2.20. The van der Waals surface area contributed by atoms with Gasteiger partial charge in [-0.15, -0.1) is 0 Å². The van der Waals surface area contributed by atoms with Crippen LogP contribution in [-0.2, 0) is 16.0 Å². The first-order valence-electron chi connectivity index (χ1n) is 12.9. The number of nitrogens with one attached hydrogen (secondary N) is 1. The fourth-order valence-corrected chi connectivity index (χ4v) is 5.56. The maximum atomic E-state index is 11.4. The second-order valence-corrected chi connectivity index (χ2v) is 10.3. The number of piperidine rings is 1. The van der Waals surface area contributed by atoms with Crippen LogP contribution in [0.5, 0.6) is 5.75 Å². The molecule has 9 heteroatoms. The Morgan fingerprint density at radius 1 is 1.16 bits per heavy atom. The Kier molecular flexibility index (Phi) is 9.45. The van der Waals surface area contributed by atoms with Crippen LogP contribution in [-0.4, -0.2) is 70.5 Å². The number of carboxylic acid groups (broad SMARTS) is 1. The lowest BCUT2D eigenvalue weighted by atomic mass is 9.84. The van der Waals surface area contributed by atoms with Gasteiger partial charge in [-0.1, -0.05) is 29.8 Å². The maximum Gasteiger partial charge on any atom is 0.320 e. The molecule has 0 saturated carbocycles. The van der Waals surface area contributed by atoms with E-state index in [9.17, 15) is 25.2 Å². The summed E-state index contributed by atoms with van der Waals surface area (Å²) < 4.78 is 11.8. The van der Waals surface area contributed by atoms with E-state index in [4.69, 9.17) is 21.1 Å². The third kappa shape index (κ3) is 6.63. The van der Waals surface area contributed by atoms with E-state index in [1.54, 1.807) is 12.1 Å². The van der Waals surface area contributed by atoms with Crippen molar-refractivity contribution in [3.8, 4) is 5.75 Å². The first kappa shape index (κ1) is 27.8. The van der Waals surface area contributed by atoms with Gasteiger partial charge in [-0.05, 0) is 79.0 Å². The number of hydrogen-bond acceptors (Lipinski definition) is 7. The topological polar surface area (TPSA) is 128 Å². The SMILES string of the molecule is CCOc1ccc(Cc2cc([C@@H]3O[C@H](CCO)C[C@H](O)[C@H]3O)ccc2Cl)c(C2CC[C@@H](C(=O)O)NC2)c1. The van der Waals surface area contributed by atoms with Crippen LogP contribution in [0.25, 0.3) is 0 Å². The molecular weight excluding hydrogens is 498 g/mol. The summed E-state index contributed by atoms with van der Waals surface area (Å²) in [5.74, 6) is 0.0683. The standard InChI is InChI=1S/C28H36ClNO7/c1-2-36-20-6-3-16(22(13-20)18-5-8-24(28(34)35)30-15-18)11-19-12-17(4-7-23(19)29)27-26(33)25(32)14-21(37-27)9-10-31/h3-4,6-7,12-13,18,21,24-27,30-33H,2,5,8-11,14-15H2,1H3,(H,34,35)/t18?,21-,24+,25+,26-,27+/m1/s1. The number of carboxylic acids is 1. The molecule has 4 rings (SSSR count). The highest BCUT2D eigenvalue weighted by molar-refractivity contribution is 6.31. The minimum Gasteiger partial charge on any atom is -0.494 e. The Labute approximate surface area is 222 Å². The summed E-state index contributed by atoms with van der Waals surface area (Å²) in [4.78, 5) is 11.4. The quantitative estimate of drug-likeness (QED) is 0.332. The Bertz CT molecular complexity index is 1070. The van der Waals surface area contributed by atoms with E-state index >= 15 is 0 Å². The number of halogens is 1. The summed E-state index contributed by atoms with van der Waals surface area (Å²) in [6.07, 6.45) is -0.638. The highest BCUT2D eigenvalue weighted by atomic mass is 35.5. The molecule has 8 nitrogen and oxygen atoms in total. The number of carbonyl (C=O) groups is 1. The van der Waals surface area contributed by atoms with Gasteiger partial charge < -0.3 is 35.2 Å². The fraction of sp³-hybridized carbons (Fsp3) is 0.536. The Balaban J connectivity index is 1.61. The molecule has 0 aliphatic carbocycles. The molecule has 6 atom stereocenters. The molecule has 0 spiro atoms. The molecule has 5 N–H and O–H groups in total. The van der Waals surface area contributed by atoms with Gasteiger partial charge in [-0.2, -0.15) is 0 Å². The molecule has 202 valence electrons. The van der Waals surface area contributed by atoms with Gasteiger partial charge in [0.1, 0.15) is 24.0 Å². The maximum absolute atomic E-state index is 11.4. The highest BCUT2D eigenvalue weighted by Crippen LogP contribution is 2.37. The van der Waals surface area contributed by atoms with Crippen molar-refractivity contribution in [2.24, 2.45) is 0 Å². The molecule has 0 radical (unpaired) electrons. The van der Waals surface area contributed by atoms with Crippen molar-refractivity contribution >= 4 is 17.6 Å². The van der Waals surface area contributed by atoms with E-state index in [1.807, 2.05) is 31.2 Å². The lowest BCUT2D eigenvalue weighted by molar-refractivity contribution is -0.174. The lowest BCUT2D eigenvalue weighted by Gasteiger charge is -2.37. The third-order valence-corrected chi connectivity index (χ3v) is 7.73. The van der Waals surface area contributed by atoms with E-state index in [1.165, 1.54) is 0 Å². The summed E-state index contributed by atoms with van der Waals surface area (Å²) in [7, 11) is 0. The van der Waals surface area contributed by atoms with E-state index in [2.05, 4.69) is 5.32 Å². The summed E-state index contributed by atoms with van der Waals surface area (Å²) in [5.41, 5.74) is 3.72. The summed E-state index contributed by atoms with van der Waals surface area (Å²) in [5, 5.41) is 43.4. The molecule has 0 bridgehead atoms. The molecule has 37 heavy (non-hydrogen) atoms. The van der Waals surface area contributed by atoms with Crippen molar-refractivity contribution in [2.75, 3.05) is 19.8 Å². The van der Waals surface area contributed by atoms with Crippen molar-refractivity contribution < 1.29 is 34.7 Å². The third-order valence-electron chi connectivity index (χ3n) is 7.36. The zero-order chi connectivity index (χ0) is 26.5. The molecule has 2 heterocycles. The molecule has 2 fully saturated rings. The van der Waals surface area contributed by atoms with Crippen LogP contribution >= 0.6 is 11.6 Å². The second-order valence-electron chi connectivity index (χ2n) is 9.88. The molecule has 2 aliphatic rings. The van der Waals surface area contributed by atoms with Crippen molar-refractivity contribution in [3.63, 3.8) is 0 Å². The van der Waals surface area contributed by atoms with Gasteiger partial charge in [0.25, 0.3) is 0 Å².